The lowest BCUT2D eigenvalue weighted by atomic mass is 10.0. The predicted octanol–water partition coefficient (Wildman–Crippen LogP) is 5.87. The van der Waals surface area contributed by atoms with E-state index in [4.69, 9.17) is 11.6 Å². The van der Waals surface area contributed by atoms with Crippen LogP contribution < -0.4 is 0 Å². The van der Waals surface area contributed by atoms with Gasteiger partial charge in [0, 0.05) is 24.2 Å². The van der Waals surface area contributed by atoms with E-state index in [1.807, 2.05) is 0 Å². The maximum Gasteiger partial charge on any atom is 0.273 e. The van der Waals surface area contributed by atoms with Gasteiger partial charge in [-0.1, -0.05) is 11.6 Å². The van der Waals surface area contributed by atoms with Crippen molar-refractivity contribution < 1.29 is 17.6 Å². The quantitative estimate of drug-likeness (QED) is 0.485. The fraction of sp³-hybridized carbons (Fsp3) is 0.150. The minimum absolute atomic E-state index is 0.140. The average Bonchev–Trinajstić information content (AvgIpc) is 3.00. The van der Waals surface area contributed by atoms with Crippen LogP contribution in [0.1, 0.15) is 29.3 Å². The van der Waals surface area contributed by atoms with Crippen LogP contribution in [0.5, 0.6) is 0 Å². The molecule has 27 heavy (non-hydrogen) atoms. The molecule has 2 nitrogen and oxygen atoms in total. The molecule has 0 spiro atoms. The van der Waals surface area contributed by atoms with Crippen LogP contribution in [0.3, 0.4) is 0 Å². The zero-order valence-electron chi connectivity index (χ0n) is 14.1. The number of benzene rings is 2. The molecule has 2 aromatic carbocycles. The Kier molecular flexibility index (Phi) is 4.11. The molecule has 0 amide bonds. The van der Waals surface area contributed by atoms with E-state index >= 15 is 0 Å². The first-order valence-corrected chi connectivity index (χ1v) is 8.52. The summed E-state index contributed by atoms with van der Waals surface area (Å²) in [5.74, 6) is -4.80. The summed E-state index contributed by atoms with van der Waals surface area (Å²) in [6, 6.07) is 9.53. The molecule has 0 unspecified atom stereocenters. The zero-order valence-corrected chi connectivity index (χ0v) is 14.9. The lowest BCUT2D eigenvalue weighted by Gasteiger charge is -2.15. The molecule has 0 fully saturated rings. The predicted molar refractivity (Wildman–Crippen MR) is 96.0 cm³/mol. The van der Waals surface area contributed by atoms with Gasteiger partial charge in [0.05, 0.1) is 34.2 Å². The second-order valence-corrected chi connectivity index (χ2v) is 6.80. The molecule has 0 bridgehead atoms. The van der Waals surface area contributed by atoms with Gasteiger partial charge in [0.15, 0.2) is 0 Å². The third kappa shape index (κ3) is 3.04. The Morgan fingerprint density at radius 1 is 1.11 bits per heavy atom. The second kappa shape index (κ2) is 6.23. The molecule has 3 aromatic rings. The molecule has 0 atom stereocenters. The average molecular weight is 393 g/mol. The molecular weight excluding hydrogens is 380 g/mol. The molecule has 0 saturated carbocycles. The fourth-order valence-electron chi connectivity index (χ4n) is 3.23. The highest BCUT2D eigenvalue weighted by molar-refractivity contribution is 6.31. The van der Waals surface area contributed by atoms with Crippen LogP contribution in [0.25, 0.3) is 5.69 Å². The number of fused-ring (bicyclic) bond motifs is 3. The van der Waals surface area contributed by atoms with E-state index in [-0.39, 0.29) is 11.6 Å². The molecule has 7 heteroatoms. The smallest absolute Gasteiger partial charge is 0.273 e. The van der Waals surface area contributed by atoms with E-state index in [2.05, 4.69) is 4.99 Å². The summed E-state index contributed by atoms with van der Waals surface area (Å²) >= 11 is 6.18. The van der Waals surface area contributed by atoms with Gasteiger partial charge in [0.1, 0.15) is 11.6 Å². The largest absolute Gasteiger partial charge is 0.315 e. The van der Waals surface area contributed by atoms with Crippen LogP contribution in [0.4, 0.5) is 17.6 Å². The van der Waals surface area contributed by atoms with Crippen LogP contribution in [0.2, 0.25) is 5.02 Å². The second-order valence-electron chi connectivity index (χ2n) is 6.40. The molecule has 4 rings (SSSR count). The highest BCUT2D eigenvalue weighted by atomic mass is 35.5. The van der Waals surface area contributed by atoms with Gasteiger partial charge in [-0.25, -0.2) is 17.6 Å². The maximum atomic E-state index is 13.9. The highest BCUT2D eigenvalue weighted by Crippen LogP contribution is 2.33. The first kappa shape index (κ1) is 17.8. The Morgan fingerprint density at radius 3 is 2.63 bits per heavy atom. The third-order valence-corrected chi connectivity index (χ3v) is 4.83. The van der Waals surface area contributed by atoms with Crippen molar-refractivity contribution in [2.45, 2.75) is 19.4 Å². The molecule has 0 N–H and O–H groups in total. The van der Waals surface area contributed by atoms with E-state index in [1.165, 1.54) is 18.2 Å². The van der Waals surface area contributed by atoms with Crippen molar-refractivity contribution in [3.05, 3.63) is 87.7 Å². The highest BCUT2D eigenvalue weighted by Gasteiger charge is 2.30. The molecule has 1 aliphatic rings. The van der Waals surface area contributed by atoms with Crippen molar-refractivity contribution >= 4 is 17.3 Å². The lowest BCUT2D eigenvalue weighted by molar-refractivity contribution is 0.0137. The normalized spacial score (nSPS) is 13.6. The van der Waals surface area contributed by atoms with Gasteiger partial charge in [-0.15, -0.1) is 0 Å². The van der Waals surface area contributed by atoms with E-state index in [9.17, 15) is 17.6 Å². The molecule has 138 valence electrons. The molecule has 1 aromatic heterocycles. The van der Waals surface area contributed by atoms with Gasteiger partial charge in [0.2, 0.25) is 0 Å². The summed E-state index contributed by atoms with van der Waals surface area (Å²) in [7, 11) is 0. The molecular formula is C20H13ClF4N2. The van der Waals surface area contributed by atoms with E-state index in [0.717, 1.165) is 12.1 Å². The Labute approximate surface area is 157 Å². The topological polar surface area (TPSA) is 17.3 Å². The number of hydrogen-bond acceptors (Lipinski definition) is 1. The van der Waals surface area contributed by atoms with Crippen molar-refractivity contribution in [1.82, 2.24) is 4.57 Å². The van der Waals surface area contributed by atoms with Crippen molar-refractivity contribution in [2.24, 2.45) is 4.99 Å². The van der Waals surface area contributed by atoms with Gasteiger partial charge in [0.25, 0.3) is 5.92 Å². The molecule has 1 aliphatic heterocycles. The minimum Gasteiger partial charge on any atom is -0.315 e. The number of hydrogen-bond donors (Lipinski definition) is 0. The van der Waals surface area contributed by atoms with Gasteiger partial charge in [-0.3, -0.25) is 4.99 Å². The minimum atomic E-state index is -3.33. The van der Waals surface area contributed by atoms with Gasteiger partial charge in [-0.2, -0.15) is 0 Å². The number of alkyl halides is 2. The number of nitrogens with zero attached hydrogens (tertiary/aromatic N) is 2. The van der Waals surface area contributed by atoms with E-state index in [0.29, 0.717) is 35.1 Å². The summed E-state index contributed by atoms with van der Waals surface area (Å²) in [5, 5.41) is 0.231. The maximum absolute atomic E-state index is 13.9. The summed E-state index contributed by atoms with van der Waals surface area (Å²) in [6.45, 7) is 0.784. The van der Waals surface area contributed by atoms with E-state index in [1.54, 1.807) is 22.9 Å². The molecule has 0 aliphatic carbocycles. The fourth-order valence-corrected chi connectivity index (χ4v) is 3.49. The van der Waals surface area contributed by atoms with Crippen LogP contribution in [-0.4, -0.2) is 10.3 Å². The number of halogens is 5. The van der Waals surface area contributed by atoms with Gasteiger partial charge < -0.3 is 4.57 Å². The van der Waals surface area contributed by atoms with Gasteiger partial charge in [-0.05, 0) is 42.5 Å². The Hall–Kier alpha value is -2.60. The van der Waals surface area contributed by atoms with Crippen LogP contribution in [0.15, 0.2) is 53.7 Å². The zero-order chi connectivity index (χ0) is 19.3. The van der Waals surface area contributed by atoms with Crippen molar-refractivity contribution in [3.8, 4) is 5.69 Å². The number of aromatic nitrogens is 1. The van der Waals surface area contributed by atoms with Crippen LogP contribution in [-0.2, 0) is 12.5 Å². The number of rotatable bonds is 2. The summed E-state index contributed by atoms with van der Waals surface area (Å²) in [4.78, 5) is 4.51. The lowest BCUT2D eigenvalue weighted by Crippen LogP contribution is -2.14. The van der Waals surface area contributed by atoms with E-state index < -0.39 is 23.1 Å². The molecule has 0 saturated heterocycles. The Morgan fingerprint density at radius 2 is 1.89 bits per heavy atom. The summed E-state index contributed by atoms with van der Waals surface area (Å²) in [6.07, 6.45) is 1.71. The monoisotopic (exact) mass is 392 g/mol. The molecule has 0 radical (unpaired) electrons. The Balaban J connectivity index is 1.92. The Bertz CT molecular complexity index is 1080. The number of aliphatic imine (C=N–C) groups is 1. The van der Waals surface area contributed by atoms with Crippen molar-refractivity contribution in [1.29, 1.82) is 0 Å². The first-order valence-electron chi connectivity index (χ1n) is 8.14. The molecule has 2 heterocycles. The van der Waals surface area contributed by atoms with Crippen molar-refractivity contribution in [2.75, 3.05) is 0 Å². The third-order valence-electron chi connectivity index (χ3n) is 4.50. The first-order chi connectivity index (χ1) is 12.8. The van der Waals surface area contributed by atoms with Crippen LogP contribution >= 0.6 is 11.6 Å². The summed E-state index contributed by atoms with van der Waals surface area (Å²) in [5.41, 5.74) is 1.77. The van der Waals surface area contributed by atoms with Crippen molar-refractivity contribution in [3.63, 3.8) is 0 Å². The standard InChI is InChI=1S/C20H13ClF4N2/c1-20(24,25)14-7-11(4-5-16(14)23)19-17-3-2-6-27(17)18-9-12(22)8-15(21)13(18)10-26-19/h2-9H,10H2,1H3. The SMILES string of the molecule is CC(F)(F)c1cc(C2=NCc3c(Cl)cc(F)cc3-n3cccc32)ccc1F. The van der Waals surface area contributed by atoms with Crippen LogP contribution in [0, 0.1) is 11.6 Å². The summed E-state index contributed by atoms with van der Waals surface area (Å²) < 4.78 is 56.9. The van der Waals surface area contributed by atoms with Gasteiger partial charge >= 0.3 is 0 Å².